The second-order valence-corrected chi connectivity index (χ2v) is 7.90. The highest BCUT2D eigenvalue weighted by atomic mass is 16.2. The van der Waals surface area contributed by atoms with Crippen LogP contribution in [0.4, 0.5) is 0 Å². The molecular weight excluding hydrogens is 358 g/mol. The lowest BCUT2D eigenvalue weighted by molar-refractivity contribution is -0.124. The maximum Gasteiger partial charge on any atom is 0.273 e. The molecule has 8 nitrogen and oxygen atoms in total. The lowest BCUT2D eigenvalue weighted by Crippen LogP contribution is -2.53. The number of aromatic nitrogens is 2. The van der Waals surface area contributed by atoms with Crippen LogP contribution < -0.4 is 16.4 Å². The molecule has 152 valence electrons. The Balaban J connectivity index is 2.27. The van der Waals surface area contributed by atoms with Crippen LogP contribution in [0.3, 0.4) is 0 Å². The summed E-state index contributed by atoms with van der Waals surface area (Å²) >= 11 is 0. The third-order valence-corrected chi connectivity index (χ3v) is 4.57. The third kappa shape index (κ3) is 5.09. The first-order chi connectivity index (χ1) is 13.1. The van der Waals surface area contributed by atoms with E-state index in [4.69, 9.17) is 5.73 Å². The number of aryl methyl sites for hydroxylation is 1. The molecule has 28 heavy (non-hydrogen) atoms. The number of likely N-dealkylation sites (N-methyl/N-ethyl adjacent to an activating group) is 1. The van der Waals surface area contributed by atoms with E-state index < -0.39 is 17.4 Å². The van der Waals surface area contributed by atoms with Gasteiger partial charge in [0.1, 0.15) is 6.04 Å². The predicted octanol–water partition coefficient (Wildman–Crippen LogP) is 1.58. The number of benzene rings is 1. The van der Waals surface area contributed by atoms with Crippen molar-refractivity contribution in [1.82, 2.24) is 20.4 Å². The van der Waals surface area contributed by atoms with Crippen molar-refractivity contribution in [2.24, 2.45) is 11.1 Å². The lowest BCUT2D eigenvalue weighted by atomic mass is 9.86. The van der Waals surface area contributed by atoms with Crippen LogP contribution in [0.2, 0.25) is 0 Å². The summed E-state index contributed by atoms with van der Waals surface area (Å²) in [6.45, 7) is 6.24. The largest absolute Gasteiger partial charge is 0.370 e. The topological polar surface area (TPSA) is 119 Å². The number of para-hydroxylation sites is 1. The molecule has 4 N–H and O–H groups in total. The Bertz CT molecular complexity index is 866. The van der Waals surface area contributed by atoms with Gasteiger partial charge in [-0.3, -0.25) is 19.1 Å². The van der Waals surface area contributed by atoms with Gasteiger partial charge in [-0.05, 0) is 24.3 Å². The van der Waals surface area contributed by atoms with Crippen molar-refractivity contribution in [2.75, 3.05) is 7.05 Å². The summed E-state index contributed by atoms with van der Waals surface area (Å²) in [4.78, 5) is 36.1. The Morgan fingerprint density at radius 1 is 1.18 bits per heavy atom. The predicted molar refractivity (Wildman–Crippen MR) is 108 cm³/mol. The molecule has 1 atom stereocenters. The average molecular weight is 387 g/mol. The van der Waals surface area contributed by atoms with E-state index in [1.54, 1.807) is 11.7 Å². The molecule has 1 aromatic heterocycles. The summed E-state index contributed by atoms with van der Waals surface area (Å²) in [7, 11) is 1.55. The van der Waals surface area contributed by atoms with Crippen molar-refractivity contribution in [3.05, 3.63) is 30.0 Å². The van der Waals surface area contributed by atoms with E-state index in [9.17, 15) is 14.4 Å². The number of primary amides is 1. The van der Waals surface area contributed by atoms with Crippen LogP contribution >= 0.6 is 0 Å². The molecule has 0 aliphatic rings. The van der Waals surface area contributed by atoms with Crippen LogP contribution in [0, 0.1) is 5.41 Å². The fourth-order valence-electron chi connectivity index (χ4n) is 3.05. The van der Waals surface area contributed by atoms with E-state index >= 15 is 0 Å². The molecule has 0 saturated carbocycles. The van der Waals surface area contributed by atoms with Crippen LogP contribution in [0.5, 0.6) is 0 Å². The summed E-state index contributed by atoms with van der Waals surface area (Å²) in [6.07, 6.45) is 1.71. The highest BCUT2D eigenvalue weighted by molar-refractivity contribution is 6.06. The minimum absolute atomic E-state index is 0.254. The summed E-state index contributed by atoms with van der Waals surface area (Å²) in [5.41, 5.74) is 5.83. The first-order valence-corrected chi connectivity index (χ1v) is 9.41. The van der Waals surface area contributed by atoms with Gasteiger partial charge in [0.2, 0.25) is 11.8 Å². The molecule has 0 fully saturated rings. The van der Waals surface area contributed by atoms with E-state index in [-0.39, 0.29) is 17.5 Å². The maximum atomic E-state index is 12.9. The van der Waals surface area contributed by atoms with Crippen LogP contribution in [-0.2, 0) is 16.1 Å². The standard InChI is InChI=1S/C20H29N5O3/c1-20(2,3)17(19(28)22-4)23-18(27)16-13-9-5-6-10-14(13)25(24-16)12-8-7-11-15(21)26/h5-6,9-10,17H,7-8,11-12H2,1-4H3,(H2,21,26)(H,22,28)(H,23,27). The minimum Gasteiger partial charge on any atom is -0.370 e. The number of carbonyl (C=O) groups excluding carboxylic acids is 3. The van der Waals surface area contributed by atoms with Gasteiger partial charge in [-0.25, -0.2) is 0 Å². The normalized spacial score (nSPS) is 12.6. The van der Waals surface area contributed by atoms with Gasteiger partial charge in [-0.15, -0.1) is 0 Å². The lowest BCUT2D eigenvalue weighted by Gasteiger charge is -2.29. The summed E-state index contributed by atoms with van der Waals surface area (Å²) in [6, 6.07) is 6.77. The molecule has 0 spiro atoms. The molecule has 0 radical (unpaired) electrons. The summed E-state index contributed by atoms with van der Waals surface area (Å²) in [5.74, 6) is -0.973. The SMILES string of the molecule is CNC(=O)C(NC(=O)c1nn(CCCCC(N)=O)c2ccccc12)C(C)(C)C. The van der Waals surface area contributed by atoms with Gasteiger partial charge in [-0.2, -0.15) is 5.10 Å². The highest BCUT2D eigenvalue weighted by Gasteiger charge is 2.33. The van der Waals surface area contributed by atoms with Crippen molar-refractivity contribution >= 4 is 28.6 Å². The number of amides is 3. The molecule has 2 aromatic rings. The fraction of sp³-hybridized carbons (Fsp3) is 0.500. The molecule has 0 bridgehead atoms. The molecule has 8 heteroatoms. The van der Waals surface area contributed by atoms with Gasteiger partial charge in [0, 0.05) is 25.4 Å². The van der Waals surface area contributed by atoms with Gasteiger partial charge < -0.3 is 16.4 Å². The highest BCUT2D eigenvalue weighted by Crippen LogP contribution is 2.22. The Morgan fingerprint density at radius 3 is 2.46 bits per heavy atom. The van der Waals surface area contributed by atoms with E-state index in [0.29, 0.717) is 19.4 Å². The summed E-state index contributed by atoms with van der Waals surface area (Å²) < 4.78 is 1.76. The van der Waals surface area contributed by atoms with Gasteiger partial charge >= 0.3 is 0 Å². The van der Waals surface area contributed by atoms with Gasteiger partial charge in [0.25, 0.3) is 5.91 Å². The van der Waals surface area contributed by atoms with Crippen molar-refractivity contribution in [2.45, 2.75) is 52.6 Å². The second kappa shape index (κ2) is 8.86. The van der Waals surface area contributed by atoms with E-state index in [0.717, 1.165) is 17.3 Å². The number of unbranched alkanes of at least 4 members (excludes halogenated alkanes) is 1. The van der Waals surface area contributed by atoms with Gasteiger partial charge in [0.05, 0.1) is 5.52 Å². The number of hydrogen-bond acceptors (Lipinski definition) is 4. The molecule has 1 heterocycles. The number of rotatable bonds is 8. The first kappa shape index (κ1) is 21.4. The smallest absolute Gasteiger partial charge is 0.273 e. The maximum absolute atomic E-state index is 12.9. The minimum atomic E-state index is -0.690. The number of hydrogen-bond donors (Lipinski definition) is 3. The number of nitrogens with two attached hydrogens (primary N) is 1. The Hall–Kier alpha value is -2.90. The first-order valence-electron chi connectivity index (χ1n) is 9.41. The Morgan fingerprint density at radius 2 is 1.86 bits per heavy atom. The molecule has 1 unspecified atom stereocenters. The zero-order valence-electron chi connectivity index (χ0n) is 16.9. The molecule has 3 amide bonds. The van der Waals surface area contributed by atoms with Crippen LogP contribution in [0.25, 0.3) is 10.9 Å². The monoisotopic (exact) mass is 387 g/mol. The van der Waals surface area contributed by atoms with Gasteiger partial charge in [-0.1, -0.05) is 39.0 Å². The summed E-state index contributed by atoms with van der Waals surface area (Å²) in [5, 5.41) is 10.6. The molecule has 0 aliphatic carbocycles. The Kier molecular flexibility index (Phi) is 6.77. The van der Waals surface area contributed by atoms with Crippen molar-refractivity contribution in [3.63, 3.8) is 0 Å². The molecule has 1 aromatic carbocycles. The molecule has 0 saturated heterocycles. The van der Waals surface area contributed by atoms with Crippen LogP contribution in [0.1, 0.15) is 50.5 Å². The van der Waals surface area contributed by atoms with Crippen molar-refractivity contribution in [1.29, 1.82) is 0 Å². The molecular formula is C20H29N5O3. The zero-order chi connectivity index (χ0) is 20.9. The quantitative estimate of drug-likeness (QED) is 0.596. The van der Waals surface area contributed by atoms with Crippen molar-refractivity contribution in [3.8, 4) is 0 Å². The Labute approximate surface area is 164 Å². The third-order valence-electron chi connectivity index (χ3n) is 4.57. The molecule has 2 rings (SSSR count). The van der Waals surface area contributed by atoms with Crippen LogP contribution in [-0.4, -0.2) is 40.6 Å². The van der Waals surface area contributed by atoms with Crippen LogP contribution in [0.15, 0.2) is 24.3 Å². The number of carbonyl (C=O) groups is 3. The molecule has 0 aliphatic heterocycles. The van der Waals surface area contributed by atoms with E-state index in [1.807, 2.05) is 45.0 Å². The number of nitrogens with one attached hydrogen (secondary N) is 2. The van der Waals surface area contributed by atoms with Crippen molar-refractivity contribution < 1.29 is 14.4 Å². The second-order valence-electron chi connectivity index (χ2n) is 7.90. The number of nitrogens with zero attached hydrogens (tertiary/aromatic N) is 2. The average Bonchev–Trinajstić information content (AvgIpc) is 3.00. The van der Waals surface area contributed by atoms with E-state index in [2.05, 4.69) is 15.7 Å². The zero-order valence-corrected chi connectivity index (χ0v) is 16.9. The number of fused-ring (bicyclic) bond motifs is 1. The fourth-order valence-corrected chi connectivity index (χ4v) is 3.05. The van der Waals surface area contributed by atoms with Gasteiger partial charge in [0.15, 0.2) is 5.69 Å². The van der Waals surface area contributed by atoms with E-state index in [1.165, 1.54) is 0 Å².